The van der Waals surface area contributed by atoms with Crippen LogP contribution in [-0.2, 0) is 4.79 Å². The fourth-order valence-corrected chi connectivity index (χ4v) is 1.64. The van der Waals surface area contributed by atoms with E-state index < -0.39 is 0 Å². The number of rotatable bonds is 5. The maximum absolute atomic E-state index is 11.2. The Bertz CT molecular complexity index is 178. The van der Waals surface area contributed by atoms with Gasteiger partial charge in [0.15, 0.2) is 0 Å². The van der Waals surface area contributed by atoms with Crippen molar-refractivity contribution in [3.63, 3.8) is 0 Å². The van der Waals surface area contributed by atoms with Gasteiger partial charge in [0, 0.05) is 13.1 Å². The Labute approximate surface area is 80.3 Å². The summed E-state index contributed by atoms with van der Waals surface area (Å²) >= 11 is 0. The number of carbonyl (C=O) groups is 1. The highest BCUT2D eigenvalue weighted by Crippen LogP contribution is 2.33. The van der Waals surface area contributed by atoms with E-state index in [1.54, 1.807) is 7.05 Å². The molecular weight excluding hydrogens is 164 g/mol. The summed E-state index contributed by atoms with van der Waals surface area (Å²) in [5.74, 6) is 0.988. The van der Waals surface area contributed by atoms with Crippen molar-refractivity contribution in [2.75, 3.05) is 7.05 Å². The second kappa shape index (κ2) is 4.61. The topological polar surface area (TPSA) is 41.1 Å². The van der Waals surface area contributed by atoms with E-state index in [9.17, 15) is 4.79 Å². The molecule has 76 valence electrons. The van der Waals surface area contributed by atoms with Crippen LogP contribution in [0.1, 0.15) is 33.1 Å². The van der Waals surface area contributed by atoms with Gasteiger partial charge in [0.25, 0.3) is 0 Å². The second-order valence-corrected chi connectivity index (χ2v) is 4.08. The summed E-state index contributed by atoms with van der Waals surface area (Å²) in [5, 5.41) is 5.93. The quantitative estimate of drug-likeness (QED) is 0.666. The molecule has 1 saturated carbocycles. The second-order valence-electron chi connectivity index (χ2n) is 4.08. The zero-order valence-electron chi connectivity index (χ0n) is 8.76. The standard InChI is InChI=1S/C10H20N2O/c1-7(6-9-4-5-9)12-8(2)10(13)11-3/h7-9,12H,4-6H2,1-3H3,(H,11,13)/t7?,8-/m1/s1. The van der Waals surface area contributed by atoms with Crippen molar-refractivity contribution in [3.8, 4) is 0 Å². The summed E-state index contributed by atoms with van der Waals surface area (Å²) in [4.78, 5) is 11.2. The minimum Gasteiger partial charge on any atom is -0.358 e. The number of hydrogen-bond acceptors (Lipinski definition) is 2. The van der Waals surface area contributed by atoms with Crippen molar-refractivity contribution in [1.29, 1.82) is 0 Å². The van der Waals surface area contributed by atoms with Gasteiger partial charge in [-0.2, -0.15) is 0 Å². The molecule has 3 heteroatoms. The molecule has 1 unspecified atom stereocenters. The van der Waals surface area contributed by atoms with Gasteiger partial charge in [0.2, 0.25) is 5.91 Å². The van der Waals surface area contributed by atoms with E-state index in [1.807, 2.05) is 6.92 Å². The Kier molecular flexibility index (Phi) is 3.72. The largest absolute Gasteiger partial charge is 0.358 e. The lowest BCUT2D eigenvalue weighted by Crippen LogP contribution is -2.44. The Hall–Kier alpha value is -0.570. The maximum atomic E-state index is 11.2. The summed E-state index contributed by atoms with van der Waals surface area (Å²) < 4.78 is 0. The van der Waals surface area contributed by atoms with E-state index in [1.165, 1.54) is 19.3 Å². The van der Waals surface area contributed by atoms with E-state index >= 15 is 0 Å². The van der Waals surface area contributed by atoms with Crippen LogP contribution in [0.2, 0.25) is 0 Å². The molecule has 0 aromatic carbocycles. The third-order valence-corrected chi connectivity index (χ3v) is 2.56. The SMILES string of the molecule is CNC(=O)[C@@H](C)NC(C)CC1CC1. The molecule has 0 spiro atoms. The third-order valence-electron chi connectivity index (χ3n) is 2.56. The van der Waals surface area contributed by atoms with Gasteiger partial charge in [0.05, 0.1) is 6.04 Å². The average molecular weight is 184 g/mol. The third kappa shape index (κ3) is 3.77. The summed E-state index contributed by atoms with van der Waals surface area (Å²) in [6, 6.07) is 0.388. The molecule has 0 saturated heterocycles. The van der Waals surface area contributed by atoms with Crippen LogP contribution in [0.4, 0.5) is 0 Å². The summed E-state index contributed by atoms with van der Waals surface area (Å²) in [7, 11) is 1.67. The highest BCUT2D eigenvalue weighted by molar-refractivity contribution is 5.80. The van der Waals surface area contributed by atoms with E-state index in [2.05, 4.69) is 17.6 Å². The Morgan fingerprint density at radius 2 is 2.08 bits per heavy atom. The van der Waals surface area contributed by atoms with Crippen molar-refractivity contribution in [2.24, 2.45) is 5.92 Å². The van der Waals surface area contributed by atoms with Crippen LogP contribution in [0.25, 0.3) is 0 Å². The molecule has 13 heavy (non-hydrogen) atoms. The van der Waals surface area contributed by atoms with E-state index in [4.69, 9.17) is 0 Å². The van der Waals surface area contributed by atoms with E-state index in [0.717, 1.165) is 5.92 Å². The van der Waals surface area contributed by atoms with E-state index in [-0.39, 0.29) is 11.9 Å². The summed E-state index contributed by atoms with van der Waals surface area (Å²) in [6.07, 6.45) is 3.96. The van der Waals surface area contributed by atoms with Crippen LogP contribution in [-0.4, -0.2) is 25.0 Å². The number of hydrogen-bond donors (Lipinski definition) is 2. The normalized spacial score (nSPS) is 20.8. The lowest BCUT2D eigenvalue weighted by molar-refractivity contribution is -0.122. The first-order valence-corrected chi connectivity index (χ1v) is 5.11. The molecule has 0 heterocycles. The van der Waals surface area contributed by atoms with Gasteiger partial charge in [0.1, 0.15) is 0 Å². The van der Waals surface area contributed by atoms with E-state index in [0.29, 0.717) is 6.04 Å². The van der Waals surface area contributed by atoms with Gasteiger partial charge in [-0.05, 0) is 26.2 Å². The molecule has 0 radical (unpaired) electrons. The number of amides is 1. The molecule has 0 aliphatic heterocycles. The van der Waals surface area contributed by atoms with Crippen LogP contribution in [0, 0.1) is 5.92 Å². The minimum absolute atomic E-state index is 0.0706. The van der Waals surface area contributed by atoms with Gasteiger partial charge in [-0.3, -0.25) is 4.79 Å². The fourth-order valence-electron chi connectivity index (χ4n) is 1.64. The molecule has 2 atom stereocenters. The van der Waals surface area contributed by atoms with Crippen LogP contribution >= 0.6 is 0 Å². The molecule has 1 amide bonds. The highest BCUT2D eigenvalue weighted by atomic mass is 16.2. The van der Waals surface area contributed by atoms with Crippen molar-refractivity contribution >= 4 is 5.91 Å². The number of nitrogens with one attached hydrogen (secondary N) is 2. The zero-order chi connectivity index (χ0) is 9.84. The fraction of sp³-hybridized carbons (Fsp3) is 0.900. The van der Waals surface area contributed by atoms with Gasteiger partial charge < -0.3 is 10.6 Å². The lowest BCUT2D eigenvalue weighted by atomic mass is 10.1. The molecule has 0 aromatic heterocycles. The molecule has 1 rings (SSSR count). The predicted octanol–water partition coefficient (Wildman–Crippen LogP) is 0.899. The molecule has 3 nitrogen and oxygen atoms in total. The van der Waals surface area contributed by atoms with Crippen molar-refractivity contribution in [1.82, 2.24) is 10.6 Å². The van der Waals surface area contributed by atoms with Gasteiger partial charge >= 0.3 is 0 Å². The lowest BCUT2D eigenvalue weighted by Gasteiger charge is -2.18. The minimum atomic E-state index is -0.0706. The van der Waals surface area contributed by atoms with Crippen molar-refractivity contribution in [3.05, 3.63) is 0 Å². The summed E-state index contributed by atoms with van der Waals surface area (Å²) in [6.45, 7) is 4.06. The smallest absolute Gasteiger partial charge is 0.236 e. The number of carbonyl (C=O) groups excluding carboxylic acids is 1. The van der Waals surface area contributed by atoms with Crippen molar-refractivity contribution < 1.29 is 4.79 Å². The Morgan fingerprint density at radius 3 is 2.54 bits per heavy atom. The number of likely N-dealkylation sites (N-methyl/N-ethyl adjacent to an activating group) is 1. The van der Waals surface area contributed by atoms with Gasteiger partial charge in [-0.25, -0.2) is 0 Å². The van der Waals surface area contributed by atoms with Gasteiger partial charge in [-0.1, -0.05) is 12.8 Å². The molecule has 1 fully saturated rings. The maximum Gasteiger partial charge on any atom is 0.236 e. The van der Waals surface area contributed by atoms with Crippen LogP contribution < -0.4 is 10.6 Å². The average Bonchev–Trinajstić information content (AvgIpc) is 2.86. The molecule has 0 aromatic rings. The zero-order valence-corrected chi connectivity index (χ0v) is 8.76. The van der Waals surface area contributed by atoms with Crippen molar-refractivity contribution in [2.45, 2.75) is 45.2 Å². The first kappa shape index (κ1) is 10.5. The highest BCUT2D eigenvalue weighted by Gasteiger charge is 2.24. The Balaban J connectivity index is 2.17. The molecule has 1 aliphatic rings. The molecule has 2 N–H and O–H groups in total. The van der Waals surface area contributed by atoms with Gasteiger partial charge in [-0.15, -0.1) is 0 Å². The monoisotopic (exact) mass is 184 g/mol. The van der Waals surface area contributed by atoms with Crippen LogP contribution in [0.5, 0.6) is 0 Å². The first-order valence-electron chi connectivity index (χ1n) is 5.11. The summed E-state index contributed by atoms with van der Waals surface area (Å²) in [5.41, 5.74) is 0. The Morgan fingerprint density at radius 1 is 1.46 bits per heavy atom. The molecule has 1 aliphatic carbocycles. The predicted molar refractivity (Wildman–Crippen MR) is 53.5 cm³/mol. The first-order chi connectivity index (χ1) is 6.13. The van der Waals surface area contributed by atoms with Crippen LogP contribution in [0.15, 0.2) is 0 Å². The molecule has 0 bridgehead atoms. The molecular formula is C10H20N2O. The van der Waals surface area contributed by atoms with Crippen LogP contribution in [0.3, 0.4) is 0 Å².